The fourth-order valence-corrected chi connectivity index (χ4v) is 7.53. The van der Waals surface area contributed by atoms with Crippen molar-refractivity contribution in [3.05, 3.63) is 97.2 Å². The first kappa shape index (κ1) is 59.8. The lowest BCUT2D eigenvalue weighted by Gasteiger charge is -2.41. The Kier molecular flexibility index (Phi) is 36.7. The van der Waals surface area contributed by atoms with E-state index in [1.54, 1.807) is 0 Å². The van der Waals surface area contributed by atoms with E-state index in [2.05, 4.69) is 111 Å². The van der Waals surface area contributed by atoms with Gasteiger partial charge in [0.25, 0.3) is 0 Å². The van der Waals surface area contributed by atoms with Crippen molar-refractivity contribution in [1.29, 1.82) is 0 Å². The molecule has 0 aliphatic heterocycles. The summed E-state index contributed by atoms with van der Waals surface area (Å²) in [5.74, 6) is -1.17. The molecule has 1 rings (SSSR count). The molecule has 0 aromatic rings. The number of carbonyl (C=O) groups excluding carboxylic acids is 2. The minimum absolute atomic E-state index is 0.0463. The predicted octanol–water partition coefficient (Wildman–Crippen LogP) is 9.83. The van der Waals surface area contributed by atoms with Gasteiger partial charge < -0.3 is 39.9 Å². The molecular weight excluding hydrogens is 852 g/mol. The molecule has 0 heterocycles. The van der Waals surface area contributed by atoms with Gasteiger partial charge in [-0.15, -0.1) is 0 Å². The SMILES string of the molecule is CC/C=C/C/C=C/C/C=C/C/C=C/C/C=C/CCCCCC(=O)O[C@H](COC(=O)CCCCCC/C=C/C/C=C/C/C=C/CCCCC)COP(=O)(O)OC1C(O)C(O)C(O)[C@@H](O)C1O. The van der Waals surface area contributed by atoms with Gasteiger partial charge in [-0.2, -0.15) is 0 Å². The number of aliphatic hydroxyl groups excluding tert-OH is 5. The van der Waals surface area contributed by atoms with Crippen molar-refractivity contribution in [3.63, 3.8) is 0 Å². The summed E-state index contributed by atoms with van der Waals surface area (Å²) in [5, 5.41) is 50.2. The Balaban J connectivity index is 2.50. The number of phosphoric acid groups is 1. The molecule has 13 nitrogen and oxygen atoms in total. The summed E-state index contributed by atoms with van der Waals surface area (Å²) in [6.07, 6.45) is 40.2. The summed E-state index contributed by atoms with van der Waals surface area (Å²) < 4.78 is 33.5. The zero-order valence-electron chi connectivity index (χ0n) is 39.2. The van der Waals surface area contributed by atoms with Crippen molar-refractivity contribution >= 4 is 19.8 Å². The van der Waals surface area contributed by atoms with E-state index in [0.717, 1.165) is 96.3 Å². The third kappa shape index (κ3) is 32.2. The van der Waals surface area contributed by atoms with E-state index in [4.69, 9.17) is 18.5 Å². The number of unbranched alkanes of at least 4 members (excludes halogenated alkanes) is 10. The first-order valence-corrected chi connectivity index (χ1v) is 25.5. The summed E-state index contributed by atoms with van der Waals surface area (Å²) in [5.41, 5.74) is 0. The van der Waals surface area contributed by atoms with Gasteiger partial charge in [0.2, 0.25) is 0 Å². The van der Waals surface area contributed by atoms with E-state index in [1.165, 1.54) is 19.3 Å². The lowest BCUT2D eigenvalue weighted by atomic mass is 9.85. The van der Waals surface area contributed by atoms with Crippen LogP contribution in [0.5, 0.6) is 0 Å². The second-order valence-corrected chi connectivity index (χ2v) is 17.6. The monoisotopic (exact) mass is 935 g/mol. The highest BCUT2D eigenvalue weighted by Gasteiger charge is 2.51. The topological polar surface area (TPSA) is 210 Å². The fourth-order valence-electron chi connectivity index (χ4n) is 6.55. The number of aliphatic hydroxyl groups is 5. The Labute approximate surface area is 390 Å². The molecule has 6 N–H and O–H groups in total. The molecule has 6 unspecified atom stereocenters. The molecule has 14 heteroatoms. The van der Waals surface area contributed by atoms with E-state index in [0.29, 0.717) is 12.8 Å². The highest BCUT2D eigenvalue weighted by atomic mass is 31.2. The van der Waals surface area contributed by atoms with Crippen molar-refractivity contribution in [1.82, 2.24) is 0 Å². The highest BCUT2D eigenvalue weighted by molar-refractivity contribution is 7.47. The van der Waals surface area contributed by atoms with Crippen LogP contribution < -0.4 is 0 Å². The van der Waals surface area contributed by atoms with Gasteiger partial charge in [0.05, 0.1) is 6.61 Å². The van der Waals surface area contributed by atoms with Crippen molar-refractivity contribution in [2.75, 3.05) is 13.2 Å². The van der Waals surface area contributed by atoms with Crippen LogP contribution >= 0.6 is 7.82 Å². The summed E-state index contributed by atoms with van der Waals surface area (Å²) in [6, 6.07) is 0. The minimum Gasteiger partial charge on any atom is -0.462 e. The van der Waals surface area contributed by atoms with Crippen LogP contribution in [0.3, 0.4) is 0 Å². The largest absolute Gasteiger partial charge is 0.472 e. The number of esters is 2. The molecule has 0 radical (unpaired) electrons. The number of hydrogen-bond acceptors (Lipinski definition) is 12. The van der Waals surface area contributed by atoms with E-state index in [-0.39, 0.29) is 12.8 Å². The van der Waals surface area contributed by atoms with Crippen LogP contribution in [-0.4, -0.2) is 98.3 Å². The quantitative estimate of drug-likeness (QED) is 0.0148. The number of carbonyl (C=O) groups is 2. The maximum absolute atomic E-state index is 12.8. The predicted molar refractivity (Wildman–Crippen MR) is 258 cm³/mol. The van der Waals surface area contributed by atoms with Crippen LogP contribution in [0, 0.1) is 0 Å². The van der Waals surface area contributed by atoms with E-state index >= 15 is 0 Å². The second-order valence-electron chi connectivity index (χ2n) is 16.2. The Hall–Kier alpha value is -3.23. The average molecular weight is 935 g/mol. The number of ether oxygens (including phenoxy) is 2. The Morgan fingerprint density at radius 1 is 0.492 bits per heavy atom. The maximum atomic E-state index is 12.8. The first-order chi connectivity index (χ1) is 31.4. The lowest BCUT2D eigenvalue weighted by molar-refractivity contribution is -0.220. The highest BCUT2D eigenvalue weighted by Crippen LogP contribution is 2.47. The Morgan fingerprint density at radius 2 is 0.877 bits per heavy atom. The van der Waals surface area contributed by atoms with E-state index in [9.17, 15) is 44.6 Å². The summed E-state index contributed by atoms with van der Waals surface area (Å²) in [6.45, 7) is 3.10. The molecule has 370 valence electrons. The number of hydrogen-bond donors (Lipinski definition) is 6. The average Bonchev–Trinajstić information content (AvgIpc) is 3.29. The van der Waals surface area contributed by atoms with Crippen molar-refractivity contribution in [2.45, 2.75) is 198 Å². The minimum atomic E-state index is -5.14. The molecule has 0 amide bonds. The van der Waals surface area contributed by atoms with Crippen LogP contribution in [0.4, 0.5) is 0 Å². The van der Waals surface area contributed by atoms with Gasteiger partial charge in [0.1, 0.15) is 43.2 Å². The smallest absolute Gasteiger partial charge is 0.462 e. The molecule has 8 atom stereocenters. The van der Waals surface area contributed by atoms with Gasteiger partial charge in [0, 0.05) is 12.8 Å². The summed E-state index contributed by atoms with van der Waals surface area (Å²) in [4.78, 5) is 35.8. The van der Waals surface area contributed by atoms with Gasteiger partial charge in [-0.1, -0.05) is 143 Å². The fraction of sp³-hybridized carbons (Fsp3) is 0.647. The van der Waals surface area contributed by atoms with Crippen LogP contribution in [-0.2, 0) is 32.7 Å². The third-order valence-corrected chi connectivity index (χ3v) is 11.4. The molecule has 0 bridgehead atoms. The molecular formula is C51H83O13P. The number of rotatable bonds is 38. The second kappa shape index (κ2) is 39.9. The molecule has 0 aromatic heterocycles. The Morgan fingerprint density at radius 3 is 1.34 bits per heavy atom. The molecule has 1 fully saturated rings. The maximum Gasteiger partial charge on any atom is 0.472 e. The molecule has 0 saturated heterocycles. The van der Waals surface area contributed by atoms with Gasteiger partial charge in [0.15, 0.2) is 6.10 Å². The van der Waals surface area contributed by atoms with Crippen LogP contribution in [0.25, 0.3) is 0 Å². The number of phosphoric ester groups is 1. The zero-order valence-corrected chi connectivity index (χ0v) is 40.1. The zero-order chi connectivity index (χ0) is 47.8. The molecule has 0 aromatic carbocycles. The Bertz CT molecular complexity index is 1500. The summed E-state index contributed by atoms with van der Waals surface area (Å²) >= 11 is 0. The van der Waals surface area contributed by atoms with Crippen LogP contribution in [0.1, 0.15) is 155 Å². The molecule has 65 heavy (non-hydrogen) atoms. The van der Waals surface area contributed by atoms with Gasteiger partial charge in [-0.05, 0) is 96.3 Å². The molecule has 1 aliphatic carbocycles. The van der Waals surface area contributed by atoms with Gasteiger partial charge >= 0.3 is 19.8 Å². The van der Waals surface area contributed by atoms with Gasteiger partial charge in [-0.3, -0.25) is 18.6 Å². The third-order valence-electron chi connectivity index (χ3n) is 10.4. The molecule has 1 aliphatic rings. The van der Waals surface area contributed by atoms with Crippen LogP contribution in [0.15, 0.2) is 97.2 Å². The van der Waals surface area contributed by atoms with Crippen molar-refractivity contribution in [2.24, 2.45) is 0 Å². The molecule has 1 saturated carbocycles. The molecule has 0 spiro atoms. The van der Waals surface area contributed by atoms with E-state index < -0.39 is 75.7 Å². The standard InChI is InChI=1S/C51H83O13P/c1-3-5-7-9-11-13-15-17-19-21-22-24-26-28-30-32-34-36-38-40-45(53)63-43(42-62-65(59,60)64-51-49(57)47(55)46(54)48(56)50(51)58)41-61-44(52)39-37-35-33-31-29-27-25-23-20-18-16-14-12-10-8-6-4-2/h5,7,11-14,17-20,22,24-25,27-28,30,43,46-51,54-58H,3-4,6,8-10,15-16,21,23,26,29,31-42H2,1-2H3,(H,59,60)/b7-5+,13-11+,14-12+,19-17+,20-18+,24-22+,27-25+,30-28+/t43-,46?,47-,48?,49?,50?,51?/m1/s1. The lowest BCUT2D eigenvalue weighted by Crippen LogP contribution is -2.64. The van der Waals surface area contributed by atoms with E-state index in [1.807, 2.05) is 0 Å². The van der Waals surface area contributed by atoms with Crippen LogP contribution in [0.2, 0.25) is 0 Å². The van der Waals surface area contributed by atoms with Gasteiger partial charge in [-0.25, -0.2) is 4.57 Å². The normalized spacial score (nSPS) is 22.3. The summed E-state index contributed by atoms with van der Waals surface area (Å²) in [7, 11) is -5.14. The van der Waals surface area contributed by atoms with Crippen molar-refractivity contribution in [3.8, 4) is 0 Å². The first-order valence-electron chi connectivity index (χ1n) is 24.0. The van der Waals surface area contributed by atoms with Crippen molar-refractivity contribution < 1.29 is 63.1 Å². The number of allylic oxidation sites excluding steroid dienone is 16.